The van der Waals surface area contributed by atoms with Crippen LogP contribution in [0.3, 0.4) is 0 Å². The van der Waals surface area contributed by atoms with Crippen LogP contribution in [0.4, 0.5) is 23.2 Å². The lowest BCUT2D eigenvalue weighted by Gasteiger charge is -2.32. The quantitative estimate of drug-likeness (QED) is 0.680. The van der Waals surface area contributed by atoms with E-state index in [4.69, 9.17) is 0 Å². The molecular weight excluding hydrogens is 262 g/mol. The number of piperidine rings is 1. The van der Waals surface area contributed by atoms with E-state index < -0.39 is 29.2 Å². The zero-order valence-corrected chi connectivity index (χ0v) is 10.5. The molecule has 1 N–H and O–H groups in total. The second kappa shape index (κ2) is 5.73. The number of aromatic nitrogens is 1. The molecule has 1 atom stereocenters. The Labute approximate surface area is 108 Å². The van der Waals surface area contributed by atoms with Gasteiger partial charge in [-0.25, -0.2) is 0 Å². The average molecular weight is 277 g/mol. The molecule has 0 radical (unpaired) electrons. The maximum atomic E-state index is 13.4. The molecule has 1 aliphatic rings. The Morgan fingerprint density at radius 1 is 1.16 bits per heavy atom. The van der Waals surface area contributed by atoms with Gasteiger partial charge in [-0.05, 0) is 26.4 Å². The molecule has 1 fully saturated rings. The summed E-state index contributed by atoms with van der Waals surface area (Å²) in [4.78, 5) is 4.57. The van der Waals surface area contributed by atoms with E-state index in [-0.39, 0.29) is 12.6 Å². The summed E-state index contributed by atoms with van der Waals surface area (Å²) in [5.41, 5.74) is -0.788. The Balaban J connectivity index is 2.11. The molecule has 0 saturated carbocycles. The minimum atomic E-state index is -1.64. The first kappa shape index (κ1) is 14.0. The molecular formula is C12H15F4N3. The van der Waals surface area contributed by atoms with E-state index in [2.05, 4.69) is 15.2 Å². The second-order valence-electron chi connectivity index (χ2n) is 4.71. The van der Waals surface area contributed by atoms with Crippen molar-refractivity contribution in [3.8, 4) is 0 Å². The van der Waals surface area contributed by atoms with Crippen molar-refractivity contribution in [3.63, 3.8) is 0 Å². The highest BCUT2D eigenvalue weighted by atomic mass is 19.2. The highest BCUT2D eigenvalue weighted by Crippen LogP contribution is 2.23. The van der Waals surface area contributed by atoms with Gasteiger partial charge in [-0.15, -0.1) is 0 Å². The van der Waals surface area contributed by atoms with Crippen LogP contribution in [0, 0.1) is 23.5 Å². The summed E-state index contributed by atoms with van der Waals surface area (Å²) < 4.78 is 52.6. The summed E-state index contributed by atoms with van der Waals surface area (Å²) in [6.07, 6.45) is 2.98. The molecule has 19 heavy (non-hydrogen) atoms. The fraction of sp³-hybridized carbons (Fsp3) is 0.583. The topological polar surface area (TPSA) is 28.2 Å². The van der Waals surface area contributed by atoms with Crippen LogP contribution in [0.15, 0.2) is 0 Å². The molecule has 0 aliphatic carbocycles. The van der Waals surface area contributed by atoms with Crippen molar-refractivity contribution >= 4 is 5.69 Å². The third kappa shape index (κ3) is 2.97. The maximum absolute atomic E-state index is 13.4. The Hall–Kier alpha value is -1.37. The molecule has 2 rings (SSSR count). The number of nitrogens with zero attached hydrogens (tertiary/aromatic N) is 2. The van der Waals surface area contributed by atoms with E-state index in [1.54, 1.807) is 0 Å². The summed E-state index contributed by atoms with van der Waals surface area (Å²) in [5, 5.41) is 2.45. The van der Waals surface area contributed by atoms with E-state index in [0.29, 0.717) is 0 Å². The van der Waals surface area contributed by atoms with Gasteiger partial charge in [-0.3, -0.25) is 0 Å². The van der Waals surface area contributed by atoms with Gasteiger partial charge in [0.15, 0.2) is 0 Å². The van der Waals surface area contributed by atoms with Crippen molar-refractivity contribution < 1.29 is 17.6 Å². The monoisotopic (exact) mass is 277 g/mol. The number of anilines is 1. The Morgan fingerprint density at radius 3 is 2.37 bits per heavy atom. The summed E-state index contributed by atoms with van der Waals surface area (Å²) >= 11 is 0. The first-order valence-corrected chi connectivity index (χ1v) is 6.14. The van der Waals surface area contributed by atoms with Crippen LogP contribution in [0.5, 0.6) is 0 Å². The number of pyridine rings is 1. The molecule has 0 aromatic carbocycles. The van der Waals surface area contributed by atoms with Crippen LogP contribution in [-0.4, -0.2) is 36.1 Å². The Bertz CT molecular complexity index is 441. The second-order valence-corrected chi connectivity index (χ2v) is 4.71. The Morgan fingerprint density at radius 2 is 1.79 bits per heavy atom. The molecule has 1 aromatic rings. The van der Waals surface area contributed by atoms with E-state index in [1.165, 1.54) is 0 Å². The zero-order chi connectivity index (χ0) is 14.0. The van der Waals surface area contributed by atoms with Crippen molar-refractivity contribution in [1.82, 2.24) is 9.88 Å². The smallest absolute Gasteiger partial charge is 0.253 e. The molecule has 7 heteroatoms. The van der Waals surface area contributed by atoms with Gasteiger partial charge in [0.05, 0.1) is 0 Å². The summed E-state index contributed by atoms with van der Waals surface area (Å²) in [6.45, 7) is 1.13. The maximum Gasteiger partial charge on any atom is 0.253 e. The third-order valence-corrected chi connectivity index (χ3v) is 3.43. The fourth-order valence-electron chi connectivity index (χ4n) is 2.26. The lowest BCUT2D eigenvalue weighted by Crippen LogP contribution is -2.41. The zero-order valence-electron chi connectivity index (χ0n) is 10.5. The fourth-order valence-corrected chi connectivity index (χ4v) is 2.26. The molecule has 3 nitrogen and oxygen atoms in total. The first-order valence-electron chi connectivity index (χ1n) is 6.14. The predicted molar refractivity (Wildman–Crippen MR) is 62.8 cm³/mol. The van der Waals surface area contributed by atoms with E-state index >= 15 is 0 Å². The van der Waals surface area contributed by atoms with E-state index in [9.17, 15) is 17.6 Å². The van der Waals surface area contributed by atoms with Crippen molar-refractivity contribution in [1.29, 1.82) is 0 Å². The lowest BCUT2D eigenvalue weighted by atomic mass is 10.0. The molecule has 1 unspecified atom stereocenters. The van der Waals surface area contributed by atoms with E-state index in [0.717, 1.165) is 25.8 Å². The molecule has 0 bridgehead atoms. The van der Waals surface area contributed by atoms with Crippen molar-refractivity contribution in [3.05, 3.63) is 23.5 Å². The highest BCUT2D eigenvalue weighted by molar-refractivity contribution is 5.45. The van der Waals surface area contributed by atoms with Gasteiger partial charge in [0.25, 0.3) is 11.9 Å². The first-order chi connectivity index (χ1) is 9.00. The van der Waals surface area contributed by atoms with Crippen molar-refractivity contribution in [2.45, 2.75) is 25.3 Å². The number of rotatable bonds is 3. The molecule has 0 spiro atoms. The van der Waals surface area contributed by atoms with Crippen molar-refractivity contribution in [2.75, 3.05) is 25.5 Å². The largest absolute Gasteiger partial charge is 0.378 e. The average Bonchev–Trinajstić information content (AvgIpc) is 2.38. The summed E-state index contributed by atoms with van der Waals surface area (Å²) in [7, 11) is 1.91. The van der Waals surface area contributed by atoms with Gasteiger partial charge < -0.3 is 10.2 Å². The minimum Gasteiger partial charge on any atom is -0.378 e. The lowest BCUT2D eigenvalue weighted by molar-refractivity contribution is 0.194. The summed E-state index contributed by atoms with van der Waals surface area (Å²) in [5.74, 6) is -6.26. The number of nitrogens with one attached hydrogen (secondary N) is 1. The molecule has 106 valence electrons. The standard InChI is InChI=1S/C12H15F4N3/c1-19-5-3-2-4-7(19)6-17-10-8(13)11(15)18-12(16)9(10)14/h7H,2-6H2,1H3,(H,17,18). The number of hydrogen-bond donors (Lipinski definition) is 1. The SMILES string of the molecule is CN1CCCCC1CNc1c(F)c(F)nc(F)c1F. The van der Waals surface area contributed by atoms with Crippen LogP contribution in [0.1, 0.15) is 19.3 Å². The van der Waals surface area contributed by atoms with Gasteiger partial charge in [0, 0.05) is 12.6 Å². The normalized spacial score (nSPS) is 20.6. The third-order valence-electron chi connectivity index (χ3n) is 3.43. The van der Waals surface area contributed by atoms with Gasteiger partial charge in [-0.2, -0.15) is 22.5 Å². The highest BCUT2D eigenvalue weighted by Gasteiger charge is 2.23. The molecule has 2 heterocycles. The number of likely N-dealkylation sites (tertiary alicyclic amines) is 1. The predicted octanol–water partition coefficient (Wildman–Crippen LogP) is 2.53. The van der Waals surface area contributed by atoms with Crippen LogP contribution in [0.25, 0.3) is 0 Å². The molecule has 1 aromatic heterocycles. The van der Waals surface area contributed by atoms with Gasteiger partial charge in [0.2, 0.25) is 11.6 Å². The van der Waals surface area contributed by atoms with Crippen LogP contribution < -0.4 is 5.32 Å². The summed E-state index contributed by atoms with van der Waals surface area (Å²) in [6, 6.07) is 0.0897. The minimum absolute atomic E-state index is 0.0897. The van der Waals surface area contributed by atoms with Crippen LogP contribution in [0.2, 0.25) is 0 Å². The molecule has 0 amide bonds. The van der Waals surface area contributed by atoms with Crippen LogP contribution in [-0.2, 0) is 0 Å². The number of hydrogen-bond acceptors (Lipinski definition) is 3. The Kier molecular flexibility index (Phi) is 4.24. The molecule has 1 aliphatic heterocycles. The van der Waals surface area contributed by atoms with Gasteiger partial charge in [-0.1, -0.05) is 6.42 Å². The van der Waals surface area contributed by atoms with E-state index in [1.807, 2.05) is 7.05 Å². The number of halogens is 4. The van der Waals surface area contributed by atoms with Crippen molar-refractivity contribution in [2.24, 2.45) is 0 Å². The van der Waals surface area contributed by atoms with Gasteiger partial charge in [0.1, 0.15) is 5.69 Å². The van der Waals surface area contributed by atoms with Crippen LogP contribution >= 0.6 is 0 Å². The molecule has 1 saturated heterocycles. The van der Waals surface area contributed by atoms with Gasteiger partial charge >= 0.3 is 0 Å². The number of likely N-dealkylation sites (N-methyl/N-ethyl adjacent to an activating group) is 1.